The van der Waals surface area contributed by atoms with Gasteiger partial charge in [-0.25, -0.2) is 4.98 Å². The minimum Gasteiger partial charge on any atom is -0.457 e. The molecule has 2 aliphatic carbocycles. The molecule has 1 amide bonds. The Morgan fingerprint density at radius 2 is 1.68 bits per heavy atom. The minimum atomic E-state index is -0.158. The van der Waals surface area contributed by atoms with Crippen LogP contribution in [0.1, 0.15) is 83.1 Å². The van der Waals surface area contributed by atoms with Crippen molar-refractivity contribution in [2.45, 2.75) is 89.1 Å². The summed E-state index contributed by atoms with van der Waals surface area (Å²) < 4.78 is 7.67. The number of rotatable bonds is 8. The Morgan fingerprint density at radius 3 is 2.39 bits per heavy atom. The van der Waals surface area contributed by atoms with Crippen molar-refractivity contribution >= 4 is 22.8 Å². The highest BCUT2D eigenvalue weighted by atomic mass is 16.5. The monoisotopic (exact) mass is 516 g/mol. The maximum Gasteiger partial charge on any atom is 0.263 e. The first-order valence-corrected chi connectivity index (χ1v) is 14.3. The molecule has 7 heteroatoms. The first-order valence-electron chi connectivity index (χ1n) is 14.3. The van der Waals surface area contributed by atoms with E-state index in [1.54, 1.807) is 16.7 Å². The van der Waals surface area contributed by atoms with Gasteiger partial charge >= 0.3 is 0 Å². The van der Waals surface area contributed by atoms with Crippen LogP contribution in [0, 0.1) is 5.92 Å². The Labute approximate surface area is 225 Å². The molecule has 2 aliphatic rings. The highest BCUT2D eigenvalue weighted by Gasteiger charge is 2.30. The van der Waals surface area contributed by atoms with Crippen LogP contribution < -0.4 is 16.0 Å². The maximum atomic E-state index is 14.0. The van der Waals surface area contributed by atoms with Gasteiger partial charge in [0.2, 0.25) is 11.9 Å². The number of benzene rings is 2. The molecular weight excluding hydrogens is 476 g/mol. The first-order chi connectivity index (χ1) is 18.5. The summed E-state index contributed by atoms with van der Waals surface area (Å²) in [6.07, 6.45) is 12.4. The number of ether oxygens (including phenoxy) is 1. The fraction of sp³-hybridized carbons (Fsp3) is 0.516. The summed E-state index contributed by atoms with van der Waals surface area (Å²) in [5, 5.41) is 0.485. The number of amides is 1. The summed E-state index contributed by atoms with van der Waals surface area (Å²) in [5.41, 5.74) is 6.86. The highest BCUT2D eigenvalue weighted by molar-refractivity contribution is 5.80. The van der Waals surface area contributed by atoms with Gasteiger partial charge in [-0.05, 0) is 68.4 Å². The molecule has 2 saturated carbocycles. The zero-order valence-corrected chi connectivity index (χ0v) is 22.5. The van der Waals surface area contributed by atoms with Crippen LogP contribution in [-0.2, 0) is 4.79 Å². The Kier molecular flexibility index (Phi) is 8.30. The third-order valence-corrected chi connectivity index (χ3v) is 8.57. The number of nitrogens with two attached hydrogens (primary N) is 1. The van der Waals surface area contributed by atoms with Gasteiger partial charge in [0.05, 0.1) is 10.9 Å². The van der Waals surface area contributed by atoms with E-state index in [9.17, 15) is 9.59 Å². The number of aromatic nitrogens is 2. The van der Waals surface area contributed by atoms with Crippen molar-refractivity contribution in [3.05, 3.63) is 58.9 Å². The van der Waals surface area contributed by atoms with Gasteiger partial charge in [-0.2, -0.15) is 0 Å². The molecule has 2 aromatic carbocycles. The second kappa shape index (κ2) is 12.0. The van der Waals surface area contributed by atoms with Crippen LogP contribution in [0.4, 0.5) is 5.95 Å². The fourth-order valence-electron chi connectivity index (χ4n) is 6.42. The molecule has 0 bridgehead atoms. The quantitative estimate of drug-likeness (QED) is 0.371. The van der Waals surface area contributed by atoms with E-state index in [1.165, 1.54) is 25.7 Å². The van der Waals surface area contributed by atoms with Crippen molar-refractivity contribution in [1.29, 1.82) is 0 Å². The third-order valence-electron chi connectivity index (χ3n) is 8.57. The summed E-state index contributed by atoms with van der Waals surface area (Å²) in [6.45, 7) is 0. The second-order valence-electron chi connectivity index (χ2n) is 11.0. The van der Waals surface area contributed by atoms with Gasteiger partial charge in [0.1, 0.15) is 11.5 Å². The van der Waals surface area contributed by atoms with Crippen molar-refractivity contribution < 1.29 is 9.53 Å². The van der Waals surface area contributed by atoms with Crippen molar-refractivity contribution in [2.24, 2.45) is 5.92 Å². The van der Waals surface area contributed by atoms with E-state index in [0.717, 1.165) is 38.5 Å². The lowest BCUT2D eigenvalue weighted by Crippen LogP contribution is -2.39. The molecule has 1 heterocycles. The molecule has 202 valence electrons. The first kappa shape index (κ1) is 26.3. The van der Waals surface area contributed by atoms with Gasteiger partial charge < -0.3 is 15.4 Å². The highest BCUT2D eigenvalue weighted by Crippen LogP contribution is 2.37. The van der Waals surface area contributed by atoms with Crippen LogP contribution >= 0.6 is 0 Å². The van der Waals surface area contributed by atoms with Gasteiger partial charge in [-0.3, -0.25) is 14.2 Å². The van der Waals surface area contributed by atoms with Crippen molar-refractivity contribution in [2.75, 3.05) is 12.8 Å². The fourth-order valence-corrected chi connectivity index (χ4v) is 6.42. The normalized spacial score (nSPS) is 17.8. The zero-order valence-electron chi connectivity index (χ0n) is 22.5. The molecule has 38 heavy (non-hydrogen) atoms. The summed E-state index contributed by atoms with van der Waals surface area (Å²) in [5.74, 6) is 1.98. The van der Waals surface area contributed by atoms with Crippen LogP contribution in [0.25, 0.3) is 10.9 Å². The SMILES string of the molecule is CN(C(=O)CC[C@@H](C1CCCCC1)n1c(N)nc2ccc(Oc3ccccc3)cc2c1=O)C1CCCCC1. The van der Waals surface area contributed by atoms with Crippen LogP contribution in [0.3, 0.4) is 0 Å². The van der Waals surface area contributed by atoms with Crippen LogP contribution in [0.5, 0.6) is 11.5 Å². The van der Waals surface area contributed by atoms with Crippen molar-refractivity contribution in [1.82, 2.24) is 14.5 Å². The number of nitrogens with zero attached hydrogens (tertiary/aromatic N) is 3. The maximum absolute atomic E-state index is 14.0. The lowest BCUT2D eigenvalue weighted by Gasteiger charge is -2.34. The number of hydrogen-bond donors (Lipinski definition) is 1. The smallest absolute Gasteiger partial charge is 0.263 e. The molecule has 2 N–H and O–H groups in total. The molecule has 0 saturated heterocycles. The van der Waals surface area contributed by atoms with Crippen molar-refractivity contribution in [3.63, 3.8) is 0 Å². The predicted molar refractivity (Wildman–Crippen MR) is 151 cm³/mol. The number of carbonyl (C=O) groups is 1. The summed E-state index contributed by atoms with van der Waals surface area (Å²) in [6, 6.07) is 15.0. The lowest BCUT2D eigenvalue weighted by atomic mass is 9.82. The van der Waals surface area contributed by atoms with Gasteiger partial charge in [-0.15, -0.1) is 0 Å². The van der Waals surface area contributed by atoms with Crippen LogP contribution in [0.2, 0.25) is 0 Å². The predicted octanol–water partition coefficient (Wildman–Crippen LogP) is 6.46. The Bertz CT molecular complexity index is 1290. The van der Waals surface area contributed by atoms with E-state index in [1.807, 2.05) is 48.3 Å². The van der Waals surface area contributed by atoms with Crippen LogP contribution in [-0.4, -0.2) is 33.4 Å². The Morgan fingerprint density at radius 1 is 1.00 bits per heavy atom. The van der Waals surface area contributed by atoms with E-state index in [4.69, 9.17) is 10.5 Å². The Hall–Kier alpha value is -3.35. The average Bonchev–Trinajstić information content (AvgIpc) is 2.96. The van der Waals surface area contributed by atoms with Crippen molar-refractivity contribution in [3.8, 4) is 11.5 Å². The molecule has 1 aromatic heterocycles. The number of para-hydroxylation sites is 1. The third kappa shape index (κ3) is 5.87. The molecule has 0 spiro atoms. The number of fused-ring (bicyclic) bond motifs is 1. The average molecular weight is 517 g/mol. The van der Waals surface area contributed by atoms with E-state index in [-0.39, 0.29) is 23.5 Å². The number of carbonyl (C=O) groups excluding carboxylic acids is 1. The molecule has 0 aliphatic heterocycles. The number of nitrogen functional groups attached to an aromatic ring is 1. The molecule has 0 radical (unpaired) electrons. The largest absolute Gasteiger partial charge is 0.457 e. The van der Waals surface area contributed by atoms with Gasteiger partial charge in [0.15, 0.2) is 0 Å². The lowest BCUT2D eigenvalue weighted by molar-refractivity contribution is -0.132. The summed E-state index contributed by atoms with van der Waals surface area (Å²) in [7, 11) is 1.94. The van der Waals surface area contributed by atoms with Gasteiger partial charge in [0.25, 0.3) is 5.56 Å². The van der Waals surface area contributed by atoms with Gasteiger partial charge in [-0.1, -0.05) is 56.7 Å². The molecule has 1 atom stereocenters. The van der Waals surface area contributed by atoms with E-state index < -0.39 is 0 Å². The van der Waals surface area contributed by atoms with Crippen LogP contribution in [0.15, 0.2) is 53.3 Å². The number of anilines is 1. The Balaban J connectivity index is 1.43. The zero-order chi connectivity index (χ0) is 26.5. The standard InChI is InChI=1S/C31H40N4O3/c1-34(23-13-7-3-8-14-23)29(36)20-19-28(22-11-5-2-6-12-22)35-30(37)26-21-25(17-18-27(26)33-31(35)32)38-24-15-9-4-10-16-24/h4,9-10,15-18,21-23,28H,2-3,5-8,11-14,19-20H2,1H3,(H2,32,33)/t28-/m0/s1. The summed E-state index contributed by atoms with van der Waals surface area (Å²) >= 11 is 0. The molecule has 7 nitrogen and oxygen atoms in total. The molecule has 2 fully saturated rings. The second-order valence-corrected chi connectivity index (χ2v) is 11.0. The molecule has 3 aromatic rings. The molecule has 0 unspecified atom stereocenters. The minimum absolute atomic E-state index is 0.151. The van der Waals surface area contributed by atoms with E-state index in [0.29, 0.717) is 47.2 Å². The molecule has 5 rings (SSSR count). The van der Waals surface area contributed by atoms with Gasteiger partial charge in [0, 0.05) is 25.6 Å². The van der Waals surface area contributed by atoms with E-state index in [2.05, 4.69) is 4.98 Å². The van der Waals surface area contributed by atoms with E-state index >= 15 is 0 Å². The molecular formula is C31H40N4O3. The number of hydrogen-bond acceptors (Lipinski definition) is 5. The topological polar surface area (TPSA) is 90.5 Å². The summed E-state index contributed by atoms with van der Waals surface area (Å²) in [4.78, 5) is 33.8.